The average Bonchev–Trinajstić information content (AvgIpc) is 2.87. The molecule has 0 aromatic heterocycles. The summed E-state index contributed by atoms with van der Waals surface area (Å²) in [6, 6.07) is 0. The van der Waals surface area contributed by atoms with Crippen LogP contribution in [0, 0.1) is 16.7 Å². The number of hydrogen-bond donors (Lipinski definition) is 2. The number of hydrogen-bond acceptors (Lipinski definition) is 4. The summed E-state index contributed by atoms with van der Waals surface area (Å²) in [4.78, 5) is 0. The van der Waals surface area contributed by atoms with E-state index in [9.17, 15) is 10.2 Å². The average molecular weight is 345 g/mol. The SMILES string of the molecule is CCC(C)(C)CC(C(O)OCC(O)OC1(C)CCCC1)C(C)(C)C. The lowest BCUT2D eigenvalue weighted by Crippen LogP contribution is -2.40. The van der Waals surface area contributed by atoms with Crippen molar-refractivity contribution in [2.45, 2.75) is 105 Å². The van der Waals surface area contributed by atoms with Gasteiger partial charge in [0.25, 0.3) is 0 Å². The third-order valence-electron chi connectivity index (χ3n) is 5.68. The van der Waals surface area contributed by atoms with Gasteiger partial charge < -0.3 is 19.7 Å². The van der Waals surface area contributed by atoms with Gasteiger partial charge in [-0.2, -0.15) is 0 Å². The second-order valence-corrected chi connectivity index (χ2v) is 9.65. The summed E-state index contributed by atoms with van der Waals surface area (Å²) in [6.45, 7) is 15.0. The molecule has 144 valence electrons. The molecule has 0 aliphatic heterocycles. The zero-order valence-electron chi connectivity index (χ0n) is 16.9. The zero-order valence-corrected chi connectivity index (χ0v) is 16.9. The van der Waals surface area contributed by atoms with E-state index in [0.717, 1.165) is 38.5 Å². The van der Waals surface area contributed by atoms with E-state index in [-0.39, 0.29) is 29.0 Å². The fourth-order valence-electron chi connectivity index (χ4n) is 3.47. The predicted molar refractivity (Wildman–Crippen MR) is 97.6 cm³/mol. The van der Waals surface area contributed by atoms with Gasteiger partial charge in [0.2, 0.25) is 0 Å². The summed E-state index contributed by atoms with van der Waals surface area (Å²) >= 11 is 0. The Morgan fingerprint density at radius 2 is 1.58 bits per heavy atom. The number of aliphatic hydroxyl groups is 2. The molecule has 1 rings (SSSR count). The quantitative estimate of drug-likeness (QED) is 0.606. The van der Waals surface area contributed by atoms with Crippen LogP contribution in [0.4, 0.5) is 0 Å². The Bertz CT molecular complexity index is 366. The van der Waals surface area contributed by atoms with Crippen LogP contribution < -0.4 is 0 Å². The van der Waals surface area contributed by atoms with Gasteiger partial charge in [-0.15, -0.1) is 0 Å². The normalized spacial score (nSPS) is 22.4. The number of rotatable bonds is 9. The van der Waals surface area contributed by atoms with Crippen molar-refractivity contribution in [3.8, 4) is 0 Å². The van der Waals surface area contributed by atoms with Crippen LogP contribution in [-0.2, 0) is 9.47 Å². The molecule has 1 fully saturated rings. The Morgan fingerprint density at radius 1 is 1.04 bits per heavy atom. The fraction of sp³-hybridized carbons (Fsp3) is 1.00. The Labute approximate surface area is 148 Å². The molecule has 4 heteroatoms. The van der Waals surface area contributed by atoms with E-state index in [0.29, 0.717) is 0 Å². The summed E-state index contributed by atoms with van der Waals surface area (Å²) in [6.07, 6.45) is 4.28. The second kappa shape index (κ2) is 8.48. The molecule has 0 saturated heterocycles. The minimum Gasteiger partial charge on any atom is -0.368 e. The van der Waals surface area contributed by atoms with Gasteiger partial charge in [-0.25, -0.2) is 0 Å². The molecule has 0 bridgehead atoms. The van der Waals surface area contributed by atoms with Crippen molar-refractivity contribution in [2.24, 2.45) is 16.7 Å². The lowest BCUT2D eigenvalue weighted by atomic mass is 9.70. The first-order valence-electron chi connectivity index (χ1n) is 9.54. The van der Waals surface area contributed by atoms with Crippen molar-refractivity contribution in [1.82, 2.24) is 0 Å². The maximum Gasteiger partial charge on any atom is 0.178 e. The third-order valence-corrected chi connectivity index (χ3v) is 5.68. The lowest BCUT2D eigenvalue weighted by molar-refractivity contribution is -0.241. The first kappa shape index (κ1) is 21.9. The largest absolute Gasteiger partial charge is 0.368 e. The topological polar surface area (TPSA) is 58.9 Å². The molecule has 0 spiro atoms. The predicted octanol–water partition coefficient (Wildman–Crippen LogP) is 4.48. The monoisotopic (exact) mass is 344 g/mol. The standard InChI is InChI=1S/C20H40O4/c1-8-19(5,6)13-15(18(2,3)4)17(22)23-14-16(21)24-20(7)11-9-10-12-20/h15-17,21-22H,8-14H2,1-7H3. The second-order valence-electron chi connectivity index (χ2n) is 9.65. The van der Waals surface area contributed by atoms with Crippen LogP contribution in [-0.4, -0.2) is 35.0 Å². The molecule has 2 N–H and O–H groups in total. The van der Waals surface area contributed by atoms with Crippen molar-refractivity contribution in [2.75, 3.05) is 6.61 Å². The molecule has 1 aliphatic rings. The van der Waals surface area contributed by atoms with E-state index in [4.69, 9.17) is 9.47 Å². The molecule has 24 heavy (non-hydrogen) atoms. The van der Waals surface area contributed by atoms with Crippen LogP contribution in [0.25, 0.3) is 0 Å². The molecule has 0 amide bonds. The highest BCUT2D eigenvalue weighted by Gasteiger charge is 2.37. The number of aliphatic hydroxyl groups excluding tert-OH is 2. The van der Waals surface area contributed by atoms with E-state index in [1.807, 2.05) is 6.92 Å². The van der Waals surface area contributed by atoms with Crippen LogP contribution >= 0.6 is 0 Å². The van der Waals surface area contributed by atoms with Crippen molar-refractivity contribution < 1.29 is 19.7 Å². The van der Waals surface area contributed by atoms with Crippen LogP contribution in [0.3, 0.4) is 0 Å². The maximum absolute atomic E-state index is 10.6. The van der Waals surface area contributed by atoms with Crippen molar-refractivity contribution in [3.05, 3.63) is 0 Å². The molecule has 1 saturated carbocycles. The van der Waals surface area contributed by atoms with Crippen molar-refractivity contribution >= 4 is 0 Å². The Kier molecular flexibility index (Phi) is 7.73. The van der Waals surface area contributed by atoms with E-state index >= 15 is 0 Å². The van der Waals surface area contributed by atoms with Gasteiger partial charge in [0.1, 0.15) is 6.61 Å². The van der Waals surface area contributed by atoms with Crippen LogP contribution in [0.15, 0.2) is 0 Å². The summed E-state index contributed by atoms with van der Waals surface area (Å²) in [7, 11) is 0. The Morgan fingerprint density at radius 3 is 2.04 bits per heavy atom. The van der Waals surface area contributed by atoms with Gasteiger partial charge in [-0.3, -0.25) is 0 Å². The van der Waals surface area contributed by atoms with Crippen LogP contribution in [0.2, 0.25) is 0 Å². The summed E-state index contributed by atoms with van der Waals surface area (Å²) in [5.74, 6) is 0.00159. The zero-order chi connectivity index (χ0) is 18.6. The maximum atomic E-state index is 10.6. The Hall–Kier alpha value is -0.160. The highest BCUT2D eigenvalue weighted by Crippen LogP contribution is 2.40. The van der Waals surface area contributed by atoms with Gasteiger partial charge in [-0.1, -0.05) is 60.8 Å². The first-order valence-corrected chi connectivity index (χ1v) is 9.54. The summed E-state index contributed by atoms with van der Waals surface area (Å²) < 4.78 is 11.4. The fourth-order valence-corrected chi connectivity index (χ4v) is 3.47. The molecule has 0 aromatic rings. The number of ether oxygens (including phenoxy) is 2. The molecular formula is C20H40O4. The van der Waals surface area contributed by atoms with E-state index in [1.165, 1.54) is 0 Å². The van der Waals surface area contributed by atoms with Crippen molar-refractivity contribution in [1.29, 1.82) is 0 Å². The highest BCUT2D eigenvalue weighted by atomic mass is 16.7. The van der Waals surface area contributed by atoms with Crippen LogP contribution in [0.1, 0.15) is 87.0 Å². The van der Waals surface area contributed by atoms with Gasteiger partial charge in [0.15, 0.2) is 12.6 Å². The minimum absolute atomic E-state index is 0.00159. The van der Waals surface area contributed by atoms with Gasteiger partial charge in [-0.05, 0) is 37.0 Å². The van der Waals surface area contributed by atoms with Gasteiger partial charge >= 0.3 is 0 Å². The molecule has 0 radical (unpaired) electrons. The molecule has 3 unspecified atom stereocenters. The third kappa shape index (κ3) is 6.99. The Balaban J connectivity index is 2.56. The van der Waals surface area contributed by atoms with Gasteiger partial charge in [0, 0.05) is 5.92 Å². The molecular weight excluding hydrogens is 304 g/mol. The summed E-state index contributed by atoms with van der Waals surface area (Å²) in [5, 5.41) is 20.7. The van der Waals surface area contributed by atoms with Gasteiger partial charge in [0.05, 0.1) is 5.60 Å². The van der Waals surface area contributed by atoms with E-state index < -0.39 is 12.6 Å². The lowest BCUT2D eigenvalue weighted by Gasteiger charge is -2.39. The first-order chi connectivity index (χ1) is 10.9. The summed E-state index contributed by atoms with van der Waals surface area (Å²) in [5.41, 5.74) is -0.175. The molecule has 4 nitrogen and oxygen atoms in total. The smallest absolute Gasteiger partial charge is 0.178 e. The highest BCUT2D eigenvalue weighted by molar-refractivity contribution is 4.83. The molecule has 3 atom stereocenters. The van der Waals surface area contributed by atoms with E-state index in [1.54, 1.807) is 0 Å². The molecule has 0 aromatic carbocycles. The van der Waals surface area contributed by atoms with Crippen LogP contribution in [0.5, 0.6) is 0 Å². The minimum atomic E-state index is -0.984. The van der Waals surface area contributed by atoms with Crippen molar-refractivity contribution in [3.63, 3.8) is 0 Å². The molecule has 1 aliphatic carbocycles. The molecule has 0 heterocycles. The van der Waals surface area contributed by atoms with E-state index in [2.05, 4.69) is 41.5 Å².